The molecule has 0 aliphatic heterocycles. The summed E-state index contributed by atoms with van der Waals surface area (Å²) in [5.74, 6) is 0. The zero-order valence-electron chi connectivity index (χ0n) is 6.33. The van der Waals surface area contributed by atoms with Crippen LogP contribution >= 0.6 is 0 Å². The number of rotatable bonds is 1. The largest absolute Gasteiger partial charge is 0.386 e. The van der Waals surface area contributed by atoms with Crippen molar-refractivity contribution in [2.75, 3.05) is 0 Å². The lowest BCUT2D eigenvalue weighted by Gasteiger charge is -2.16. The highest BCUT2D eigenvalue weighted by molar-refractivity contribution is 5.75. The summed E-state index contributed by atoms with van der Waals surface area (Å²) in [6, 6.07) is 9.62. The molecular weight excluding hydrogens is 148 g/mol. The molecule has 1 aromatic rings. The van der Waals surface area contributed by atoms with Crippen LogP contribution in [0, 0.1) is 0 Å². The molecule has 1 nitrogen and oxygen atoms in total. The van der Waals surface area contributed by atoms with E-state index >= 15 is 0 Å². The summed E-state index contributed by atoms with van der Waals surface area (Å²) in [5, 5.41) is 9.49. The highest BCUT2D eigenvalue weighted by Gasteiger charge is 2.13. The van der Waals surface area contributed by atoms with Crippen molar-refractivity contribution in [2.24, 2.45) is 0 Å². The molecule has 11 heavy (non-hydrogen) atoms. The fraction of sp³-hybridized carbons (Fsp3) is 0.333. The molecule has 0 radical (unpaired) electrons. The monoisotopic (exact) mass is 162 g/mol. The van der Waals surface area contributed by atoms with Gasteiger partial charge in [-0.05, 0) is 19.4 Å². The Labute approximate surface area is 83.6 Å². The highest BCUT2D eigenvalue weighted by Crippen LogP contribution is 2.17. The number of hydrogen-bond donors (Lipinski definition) is 1. The van der Waals surface area contributed by atoms with E-state index in [1.165, 1.54) is 0 Å². The van der Waals surface area contributed by atoms with Crippen LogP contribution in [0.25, 0.3) is 0 Å². The Morgan fingerprint density at radius 3 is 1.82 bits per heavy atom. The van der Waals surface area contributed by atoms with E-state index in [-0.39, 0.29) is 23.1 Å². The maximum absolute atomic E-state index is 9.49. The molecule has 1 rings (SSSR count). The predicted octanol–water partition coefficient (Wildman–Crippen LogP) is 0.998. The van der Waals surface area contributed by atoms with E-state index in [1.807, 2.05) is 30.3 Å². The van der Waals surface area contributed by atoms with Crippen molar-refractivity contribution >= 4 is 23.1 Å². The van der Waals surface area contributed by atoms with Crippen molar-refractivity contribution in [1.29, 1.82) is 0 Å². The summed E-state index contributed by atoms with van der Waals surface area (Å²) >= 11 is 0. The van der Waals surface area contributed by atoms with Crippen molar-refractivity contribution in [3.8, 4) is 0 Å². The van der Waals surface area contributed by atoms with Gasteiger partial charge in [-0.15, -0.1) is 0 Å². The number of aliphatic hydroxyl groups is 1. The van der Waals surface area contributed by atoms with Gasteiger partial charge in [0.15, 0.2) is 0 Å². The van der Waals surface area contributed by atoms with Crippen LogP contribution in [-0.4, -0.2) is 28.2 Å². The van der Waals surface area contributed by atoms with E-state index in [2.05, 4.69) is 0 Å². The second kappa shape index (κ2) is 4.09. The third-order valence-corrected chi connectivity index (χ3v) is 1.48. The summed E-state index contributed by atoms with van der Waals surface area (Å²) < 4.78 is 0. The molecule has 0 saturated carbocycles. The smallest absolute Gasteiger partial charge is 0.316 e. The zero-order chi connectivity index (χ0) is 7.61. The molecule has 0 bridgehead atoms. The van der Waals surface area contributed by atoms with Gasteiger partial charge in [-0.2, -0.15) is 0 Å². The lowest BCUT2D eigenvalue weighted by atomic mass is 9.99. The number of hydrogen-bond acceptors (Lipinski definition) is 1. The predicted molar refractivity (Wildman–Crippen MR) is 50.2 cm³/mol. The molecular formula is C9H14MgO. The zero-order valence-corrected chi connectivity index (χ0v) is 6.33. The summed E-state index contributed by atoms with van der Waals surface area (Å²) in [6.07, 6.45) is 0. The molecule has 1 aromatic carbocycles. The van der Waals surface area contributed by atoms with Crippen molar-refractivity contribution in [2.45, 2.75) is 19.4 Å². The minimum absolute atomic E-state index is 0. The molecule has 0 heterocycles. The van der Waals surface area contributed by atoms with Gasteiger partial charge in [0.2, 0.25) is 0 Å². The molecule has 0 unspecified atom stereocenters. The molecule has 0 spiro atoms. The van der Waals surface area contributed by atoms with Gasteiger partial charge in [-0.3, -0.25) is 0 Å². The van der Waals surface area contributed by atoms with Crippen LogP contribution in [0.2, 0.25) is 0 Å². The van der Waals surface area contributed by atoms with Crippen LogP contribution in [0.1, 0.15) is 19.4 Å². The van der Waals surface area contributed by atoms with Gasteiger partial charge in [-0.1, -0.05) is 30.3 Å². The van der Waals surface area contributed by atoms with Gasteiger partial charge in [0.25, 0.3) is 0 Å². The van der Waals surface area contributed by atoms with E-state index in [0.29, 0.717) is 0 Å². The molecule has 0 fully saturated rings. The van der Waals surface area contributed by atoms with Crippen molar-refractivity contribution in [1.82, 2.24) is 0 Å². The lowest BCUT2D eigenvalue weighted by molar-refractivity contribution is 0.0786. The summed E-state index contributed by atoms with van der Waals surface area (Å²) in [6.45, 7) is 3.56. The molecule has 0 aliphatic rings. The van der Waals surface area contributed by atoms with E-state index in [9.17, 15) is 5.11 Å². The second-order valence-electron chi connectivity index (χ2n) is 2.93. The van der Waals surface area contributed by atoms with Crippen LogP contribution in [0.4, 0.5) is 0 Å². The fourth-order valence-corrected chi connectivity index (χ4v) is 0.846. The number of benzene rings is 1. The second-order valence-corrected chi connectivity index (χ2v) is 2.93. The third kappa shape index (κ3) is 3.23. The van der Waals surface area contributed by atoms with E-state index < -0.39 is 5.60 Å². The Morgan fingerprint density at radius 2 is 1.55 bits per heavy atom. The molecule has 1 N–H and O–H groups in total. The van der Waals surface area contributed by atoms with E-state index in [1.54, 1.807) is 13.8 Å². The van der Waals surface area contributed by atoms with Gasteiger partial charge in [0.1, 0.15) is 0 Å². The van der Waals surface area contributed by atoms with Crippen LogP contribution in [-0.2, 0) is 5.60 Å². The van der Waals surface area contributed by atoms with Gasteiger partial charge < -0.3 is 5.11 Å². The third-order valence-electron chi connectivity index (χ3n) is 1.48. The minimum atomic E-state index is -0.707. The molecule has 0 aromatic heterocycles. The van der Waals surface area contributed by atoms with Gasteiger partial charge in [-0.25, -0.2) is 0 Å². The SMILES string of the molecule is CC(C)(O)c1ccccc1.[MgH2]. The quantitative estimate of drug-likeness (QED) is 0.611. The van der Waals surface area contributed by atoms with Crippen LogP contribution in [0.15, 0.2) is 30.3 Å². The molecule has 58 valence electrons. The molecule has 2 heteroatoms. The van der Waals surface area contributed by atoms with Gasteiger partial charge >= 0.3 is 23.1 Å². The standard InChI is InChI=1S/C9H12O.Mg.2H/c1-9(2,10)8-6-4-3-5-7-8;;;/h3-7,10H,1-2H3;;;. The van der Waals surface area contributed by atoms with E-state index in [4.69, 9.17) is 0 Å². The van der Waals surface area contributed by atoms with Crippen molar-refractivity contribution in [3.63, 3.8) is 0 Å². The Bertz CT molecular complexity index is 201. The average molecular weight is 163 g/mol. The van der Waals surface area contributed by atoms with Gasteiger partial charge in [0.05, 0.1) is 5.60 Å². The van der Waals surface area contributed by atoms with Crippen LogP contribution in [0.5, 0.6) is 0 Å². The van der Waals surface area contributed by atoms with E-state index in [0.717, 1.165) is 5.56 Å². The van der Waals surface area contributed by atoms with Crippen molar-refractivity contribution < 1.29 is 5.11 Å². The molecule has 0 saturated heterocycles. The maximum Gasteiger partial charge on any atom is 0.316 e. The highest BCUT2D eigenvalue weighted by atomic mass is 24.3. The Hall–Kier alpha value is -0.0538. The Balaban J connectivity index is 0.000001000. The topological polar surface area (TPSA) is 20.2 Å². The first-order chi connectivity index (χ1) is 4.61. The minimum Gasteiger partial charge on any atom is -0.386 e. The maximum atomic E-state index is 9.49. The summed E-state index contributed by atoms with van der Waals surface area (Å²) in [5.41, 5.74) is 0.247. The Morgan fingerprint density at radius 1 is 1.09 bits per heavy atom. The Kier molecular flexibility index (Phi) is 4.07. The first-order valence-corrected chi connectivity index (χ1v) is 3.38. The van der Waals surface area contributed by atoms with Crippen LogP contribution < -0.4 is 0 Å². The van der Waals surface area contributed by atoms with Crippen molar-refractivity contribution in [3.05, 3.63) is 35.9 Å². The molecule has 0 atom stereocenters. The van der Waals surface area contributed by atoms with Crippen LogP contribution in [0.3, 0.4) is 0 Å². The summed E-state index contributed by atoms with van der Waals surface area (Å²) in [7, 11) is 0. The normalized spacial score (nSPS) is 10.5. The first kappa shape index (κ1) is 10.9. The molecule has 0 amide bonds. The first-order valence-electron chi connectivity index (χ1n) is 3.38. The lowest BCUT2D eigenvalue weighted by Crippen LogP contribution is -2.14. The van der Waals surface area contributed by atoms with Gasteiger partial charge in [0, 0.05) is 0 Å². The summed E-state index contributed by atoms with van der Waals surface area (Å²) in [4.78, 5) is 0. The fourth-order valence-electron chi connectivity index (χ4n) is 0.846. The molecule has 0 aliphatic carbocycles. The average Bonchev–Trinajstić information content (AvgIpc) is 1.88.